The number of rotatable bonds is 3. The molecular weight excluding hydrogens is 274 g/mol. The lowest BCUT2D eigenvalue weighted by Crippen LogP contribution is -2.46. The molecule has 0 amide bonds. The van der Waals surface area contributed by atoms with Crippen LogP contribution in [-0.4, -0.2) is 43.1 Å². The van der Waals surface area contributed by atoms with Crippen molar-refractivity contribution in [3.63, 3.8) is 0 Å². The second-order valence-corrected chi connectivity index (χ2v) is 5.48. The van der Waals surface area contributed by atoms with Crippen LogP contribution in [0.3, 0.4) is 0 Å². The highest BCUT2D eigenvalue weighted by Gasteiger charge is 2.46. The fraction of sp³-hybridized carbons (Fsp3) is 0.533. The van der Waals surface area contributed by atoms with Crippen LogP contribution in [0.5, 0.6) is 5.75 Å². The molecule has 0 unspecified atom stereocenters. The van der Waals surface area contributed by atoms with Crippen LogP contribution in [0, 0.1) is 0 Å². The van der Waals surface area contributed by atoms with E-state index >= 15 is 0 Å². The van der Waals surface area contributed by atoms with Crippen molar-refractivity contribution >= 4 is 11.7 Å². The number of aliphatic hydroxyl groups excluding tert-OH is 1. The van der Waals surface area contributed by atoms with E-state index in [1.54, 1.807) is 6.07 Å². The number of hydrogen-bond donors (Lipinski definition) is 2. The molecule has 21 heavy (non-hydrogen) atoms. The third-order valence-corrected chi connectivity index (χ3v) is 4.15. The minimum Gasteiger partial charge on any atom is -0.487 e. The monoisotopic (exact) mass is 293 g/mol. The molecule has 114 valence electrons. The van der Waals surface area contributed by atoms with Crippen LogP contribution in [0.15, 0.2) is 18.2 Å². The highest BCUT2D eigenvalue weighted by Crippen LogP contribution is 2.46. The summed E-state index contributed by atoms with van der Waals surface area (Å²) in [4.78, 5) is 11.5. The maximum atomic E-state index is 11.5. The molecule has 6 nitrogen and oxygen atoms in total. The fourth-order valence-electron chi connectivity index (χ4n) is 3.18. The van der Waals surface area contributed by atoms with Gasteiger partial charge >= 0.3 is 5.97 Å². The molecule has 4 atom stereocenters. The van der Waals surface area contributed by atoms with E-state index in [0.717, 1.165) is 11.3 Å². The summed E-state index contributed by atoms with van der Waals surface area (Å²) in [5.74, 6) is 0.533. The van der Waals surface area contributed by atoms with Crippen LogP contribution in [0.1, 0.15) is 24.3 Å². The number of nitrogens with two attached hydrogens (primary N) is 1. The van der Waals surface area contributed by atoms with Crippen LogP contribution < -0.4 is 10.5 Å². The molecule has 2 heterocycles. The number of ether oxygens (including phenoxy) is 3. The highest BCUT2D eigenvalue weighted by molar-refractivity contribution is 5.69. The van der Waals surface area contributed by atoms with Gasteiger partial charge in [-0.05, 0) is 24.6 Å². The molecule has 0 radical (unpaired) electrons. The first-order chi connectivity index (χ1) is 10.1. The lowest BCUT2D eigenvalue weighted by molar-refractivity contribution is -0.156. The van der Waals surface area contributed by atoms with E-state index in [2.05, 4.69) is 4.74 Å². The Hall–Kier alpha value is -1.79. The Balaban J connectivity index is 1.85. The topological polar surface area (TPSA) is 91.0 Å². The summed E-state index contributed by atoms with van der Waals surface area (Å²) in [5.41, 5.74) is 7.55. The number of aliphatic hydroxyl groups is 1. The molecule has 1 aromatic carbocycles. The van der Waals surface area contributed by atoms with Crippen molar-refractivity contribution in [1.82, 2.24) is 0 Å². The first-order valence-corrected chi connectivity index (χ1v) is 7.01. The van der Waals surface area contributed by atoms with E-state index in [1.807, 2.05) is 12.1 Å². The zero-order valence-corrected chi connectivity index (χ0v) is 11.8. The minimum atomic E-state index is -0.452. The van der Waals surface area contributed by atoms with Crippen molar-refractivity contribution in [2.75, 3.05) is 19.5 Å². The number of fused-ring (bicyclic) bond motifs is 3. The van der Waals surface area contributed by atoms with Crippen LogP contribution in [0.2, 0.25) is 0 Å². The Morgan fingerprint density at radius 1 is 1.52 bits per heavy atom. The van der Waals surface area contributed by atoms with E-state index in [-0.39, 0.29) is 37.1 Å². The number of benzene rings is 1. The summed E-state index contributed by atoms with van der Waals surface area (Å²) >= 11 is 0. The summed E-state index contributed by atoms with van der Waals surface area (Å²) in [7, 11) is 1.35. The largest absolute Gasteiger partial charge is 0.487 e. The zero-order chi connectivity index (χ0) is 15.0. The van der Waals surface area contributed by atoms with Gasteiger partial charge in [0.05, 0.1) is 26.2 Å². The third kappa shape index (κ3) is 2.56. The molecule has 0 aromatic heterocycles. The second-order valence-electron chi connectivity index (χ2n) is 5.48. The van der Waals surface area contributed by atoms with Crippen molar-refractivity contribution < 1.29 is 24.1 Å². The van der Waals surface area contributed by atoms with E-state index in [0.29, 0.717) is 12.1 Å². The van der Waals surface area contributed by atoms with Gasteiger partial charge in [0.1, 0.15) is 18.0 Å². The summed E-state index contributed by atoms with van der Waals surface area (Å²) < 4.78 is 16.4. The Labute approximate surface area is 122 Å². The Morgan fingerprint density at radius 2 is 2.33 bits per heavy atom. The van der Waals surface area contributed by atoms with E-state index in [4.69, 9.17) is 15.2 Å². The molecule has 2 aliphatic heterocycles. The van der Waals surface area contributed by atoms with Crippen LogP contribution >= 0.6 is 0 Å². The highest BCUT2D eigenvalue weighted by atomic mass is 16.6. The van der Waals surface area contributed by atoms with E-state index in [1.165, 1.54) is 7.11 Å². The molecule has 0 bridgehead atoms. The Morgan fingerprint density at radius 3 is 3.05 bits per heavy atom. The molecule has 1 fully saturated rings. The number of esters is 1. The van der Waals surface area contributed by atoms with Gasteiger partial charge in [0.25, 0.3) is 0 Å². The molecule has 6 heteroatoms. The van der Waals surface area contributed by atoms with Crippen LogP contribution in [0.4, 0.5) is 5.69 Å². The first kappa shape index (κ1) is 14.2. The first-order valence-electron chi connectivity index (χ1n) is 7.01. The van der Waals surface area contributed by atoms with Crippen molar-refractivity contribution in [3.05, 3.63) is 23.8 Å². The van der Waals surface area contributed by atoms with Gasteiger partial charge in [-0.25, -0.2) is 0 Å². The maximum Gasteiger partial charge on any atom is 0.308 e. The standard InChI is InChI=1S/C15H19NO5/c1-19-14(18)6-9-5-11-10-4-8(16)2-3-12(10)21-15(11)13(7-17)20-9/h2-4,9,11,13,15,17H,5-7,16H2,1H3/t9-,11-,13-,15+/m0/s1. The number of carbonyl (C=O) groups excluding carboxylic acids is 1. The van der Waals surface area contributed by atoms with Crippen molar-refractivity contribution in [1.29, 1.82) is 0 Å². The number of nitrogen functional groups attached to an aromatic ring is 1. The van der Waals surface area contributed by atoms with Crippen LogP contribution in [0.25, 0.3) is 0 Å². The number of methoxy groups -OCH3 is 1. The molecule has 0 saturated carbocycles. The van der Waals surface area contributed by atoms with E-state index in [9.17, 15) is 9.90 Å². The van der Waals surface area contributed by atoms with Crippen molar-refractivity contribution in [2.24, 2.45) is 0 Å². The molecule has 3 rings (SSSR count). The number of anilines is 1. The van der Waals surface area contributed by atoms with Gasteiger partial charge in [0.15, 0.2) is 0 Å². The molecular formula is C15H19NO5. The Kier molecular flexibility index (Phi) is 3.73. The van der Waals surface area contributed by atoms with E-state index < -0.39 is 6.10 Å². The fourth-order valence-corrected chi connectivity index (χ4v) is 3.18. The summed E-state index contributed by atoms with van der Waals surface area (Å²) in [6.07, 6.45) is -0.153. The average Bonchev–Trinajstić information content (AvgIpc) is 2.84. The lowest BCUT2D eigenvalue weighted by Gasteiger charge is -2.36. The summed E-state index contributed by atoms with van der Waals surface area (Å²) in [6.45, 7) is -0.150. The average molecular weight is 293 g/mol. The zero-order valence-electron chi connectivity index (χ0n) is 11.8. The molecule has 0 spiro atoms. The predicted octanol–water partition coefficient (Wildman–Crippen LogP) is 0.826. The lowest BCUT2D eigenvalue weighted by atomic mass is 9.84. The van der Waals surface area contributed by atoms with Gasteiger partial charge in [0.2, 0.25) is 0 Å². The second kappa shape index (κ2) is 5.54. The molecule has 1 saturated heterocycles. The molecule has 0 aliphatic carbocycles. The normalized spacial score (nSPS) is 30.2. The van der Waals surface area contributed by atoms with Gasteiger partial charge in [-0.3, -0.25) is 4.79 Å². The predicted molar refractivity (Wildman–Crippen MR) is 75.0 cm³/mol. The maximum absolute atomic E-state index is 11.5. The van der Waals surface area contributed by atoms with Crippen LogP contribution in [-0.2, 0) is 14.3 Å². The molecule has 3 N–H and O–H groups in total. The Bertz CT molecular complexity index is 547. The number of hydrogen-bond acceptors (Lipinski definition) is 6. The summed E-state index contributed by atoms with van der Waals surface area (Å²) in [6, 6.07) is 5.53. The minimum absolute atomic E-state index is 0.0732. The number of carbonyl (C=O) groups is 1. The third-order valence-electron chi connectivity index (χ3n) is 4.15. The SMILES string of the molecule is COC(=O)C[C@@H]1C[C@H]2c3cc(N)ccc3O[C@H]2[C@H](CO)O1. The van der Waals surface area contributed by atoms with Gasteiger partial charge in [-0.15, -0.1) is 0 Å². The molecule has 1 aromatic rings. The van der Waals surface area contributed by atoms with Crippen molar-refractivity contribution in [3.8, 4) is 5.75 Å². The molecule has 2 aliphatic rings. The van der Waals surface area contributed by atoms with Gasteiger partial charge in [-0.2, -0.15) is 0 Å². The van der Waals surface area contributed by atoms with Gasteiger partial charge in [-0.1, -0.05) is 0 Å². The van der Waals surface area contributed by atoms with Crippen molar-refractivity contribution in [2.45, 2.75) is 37.1 Å². The van der Waals surface area contributed by atoms with Gasteiger partial charge < -0.3 is 25.1 Å². The smallest absolute Gasteiger partial charge is 0.308 e. The summed E-state index contributed by atoms with van der Waals surface area (Å²) in [5, 5.41) is 9.53. The van der Waals surface area contributed by atoms with Gasteiger partial charge in [0, 0.05) is 17.2 Å². The quantitative estimate of drug-likeness (QED) is 0.633.